The third-order valence-corrected chi connectivity index (χ3v) is 7.35. The number of hydrogen-bond acceptors (Lipinski definition) is 3. The highest BCUT2D eigenvalue weighted by atomic mass is 32.1. The molecule has 5 aliphatic rings. The van der Waals surface area contributed by atoms with Crippen molar-refractivity contribution < 1.29 is 4.79 Å². The van der Waals surface area contributed by atoms with Gasteiger partial charge in [-0.25, -0.2) is 0 Å². The molecule has 136 valence electrons. The molecule has 0 unspecified atom stereocenters. The minimum atomic E-state index is 0.244. The maximum atomic E-state index is 12.6. The number of nitrogens with one attached hydrogen (secondary N) is 2. The first-order chi connectivity index (χ1) is 12.1. The Morgan fingerprint density at radius 2 is 1.84 bits per heavy atom. The molecule has 0 radical (unpaired) electrons. The monoisotopic (exact) mass is 360 g/mol. The van der Waals surface area contributed by atoms with Gasteiger partial charge in [-0.2, -0.15) is 5.10 Å². The van der Waals surface area contributed by atoms with Crippen LogP contribution in [0.15, 0.2) is 0 Å². The molecular formula is C19H28N4OS. The van der Waals surface area contributed by atoms with Gasteiger partial charge in [-0.1, -0.05) is 0 Å². The van der Waals surface area contributed by atoms with Crippen molar-refractivity contribution in [3.05, 3.63) is 10.6 Å². The molecule has 0 atom stereocenters. The predicted octanol–water partition coefficient (Wildman–Crippen LogP) is 3.54. The number of hydrogen-bond donors (Lipinski definition) is 2. The molecule has 4 bridgehead atoms. The van der Waals surface area contributed by atoms with Gasteiger partial charge in [0.25, 0.3) is 0 Å². The van der Waals surface area contributed by atoms with Crippen LogP contribution in [0, 0.1) is 27.9 Å². The summed E-state index contributed by atoms with van der Waals surface area (Å²) in [5.74, 6) is 3.96. The number of rotatable bonds is 6. The molecule has 5 aliphatic carbocycles. The van der Waals surface area contributed by atoms with Crippen LogP contribution in [0.5, 0.6) is 0 Å². The van der Waals surface area contributed by atoms with Crippen molar-refractivity contribution in [3.63, 3.8) is 0 Å². The minimum absolute atomic E-state index is 0.244. The Labute approximate surface area is 154 Å². The fraction of sp³-hybridized carbons (Fsp3) is 0.842. The summed E-state index contributed by atoms with van der Waals surface area (Å²) < 4.78 is 2.86. The quantitative estimate of drug-likeness (QED) is 0.763. The lowest BCUT2D eigenvalue weighted by atomic mass is 9.49. The van der Waals surface area contributed by atoms with Gasteiger partial charge >= 0.3 is 0 Å². The van der Waals surface area contributed by atoms with E-state index in [0.717, 1.165) is 41.2 Å². The Kier molecular flexibility index (Phi) is 3.80. The molecule has 0 saturated heterocycles. The Balaban J connectivity index is 1.16. The van der Waals surface area contributed by atoms with Gasteiger partial charge in [-0.15, -0.1) is 0 Å². The molecule has 0 aromatic carbocycles. The van der Waals surface area contributed by atoms with Crippen LogP contribution in [0.25, 0.3) is 0 Å². The van der Waals surface area contributed by atoms with E-state index in [4.69, 9.17) is 12.2 Å². The average Bonchev–Trinajstić information content (AvgIpc) is 3.29. The Hall–Kier alpha value is -1.17. The maximum absolute atomic E-state index is 12.6. The molecule has 6 rings (SSSR count). The van der Waals surface area contributed by atoms with E-state index in [1.165, 1.54) is 51.4 Å². The first kappa shape index (κ1) is 16.0. The van der Waals surface area contributed by atoms with Crippen molar-refractivity contribution in [2.24, 2.45) is 23.2 Å². The van der Waals surface area contributed by atoms with Crippen molar-refractivity contribution in [2.45, 2.75) is 70.3 Å². The largest absolute Gasteiger partial charge is 0.356 e. The maximum Gasteiger partial charge on any atom is 0.220 e. The van der Waals surface area contributed by atoms with Crippen molar-refractivity contribution in [2.75, 3.05) is 6.54 Å². The summed E-state index contributed by atoms with van der Waals surface area (Å²) in [6, 6.07) is 0.531. The van der Waals surface area contributed by atoms with Crippen molar-refractivity contribution >= 4 is 18.1 Å². The third-order valence-electron chi connectivity index (χ3n) is 7.06. The topological polar surface area (TPSA) is 62.7 Å². The molecule has 2 N–H and O–H groups in total. The second-order valence-electron chi connectivity index (χ2n) is 9.24. The second kappa shape index (κ2) is 5.93. The van der Waals surface area contributed by atoms with E-state index in [-0.39, 0.29) is 5.91 Å². The summed E-state index contributed by atoms with van der Waals surface area (Å²) in [7, 11) is 0. The molecule has 1 amide bonds. The molecule has 1 aromatic rings. The summed E-state index contributed by atoms with van der Waals surface area (Å²) in [6.07, 6.45) is 12.1. The van der Waals surface area contributed by atoms with Crippen LogP contribution in [0.3, 0.4) is 0 Å². The van der Waals surface area contributed by atoms with Crippen LogP contribution in [0.4, 0.5) is 0 Å². The highest BCUT2D eigenvalue weighted by Gasteiger charge is 2.51. The van der Waals surface area contributed by atoms with E-state index in [1.54, 1.807) is 0 Å². The van der Waals surface area contributed by atoms with Gasteiger partial charge in [0.05, 0.1) is 0 Å². The molecule has 1 aromatic heterocycles. The van der Waals surface area contributed by atoms with Gasteiger partial charge < -0.3 is 9.88 Å². The smallest absolute Gasteiger partial charge is 0.220 e. The molecule has 0 aliphatic heterocycles. The van der Waals surface area contributed by atoms with Crippen LogP contribution in [-0.4, -0.2) is 27.2 Å². The number of nitrogens with zero attached hydrogens (tertiary/aromatic N) is 2. The van der Waals surface area contributed by atoms with Gasteiger partial charge in [0.15, 0.2) is 4.77 Å². The summed E-state index contributed by atoms with van der Waals surface area (Å²) in [5, 5.41) is 10.4. The molecule has 5 fully saturated rings. The number of aromatic amines is 1. The predicted molar refractivity (Wildman–Crippen MR) is 97.6 cm³/mol. The SMILES string of the molecule is O=C(CC12CC3CC(CC(C3)C1)C2)NCCc1n[nH]c(=S)n1C1CC1. The normalized spacial score (nSPS) is 35.9. The number of aromatic nitrogens is 3. The van der Waals surface area contributed by atoms with Gasteiger partial charge in [-0.3, -0.25) is 9.89 Å². The highest BCUT2D eigenvalue weighted by Crippen LogP contribution is 2.61. The molecule has 25 heavy (non-hydrogen) atoms. The fourth-order valence-electron chi connectivity index (χ4n) is 6.45. The highest BCUT2D eigenvalue weighted by molar-refractivity contribution is 7.71. The number of H-pyrrole nitrogens is 1. The van der Waals surface area contributed by atoms with Gasteiger partial charge in [0.1, 0.15) is 5.82 Å². The van der Waals surface area contributed by atoms with E-state index in [1.807, 2.05) is 0 Å². The van der Waals surface area contributed by atoms with E-state index in [9.17, 15) is 4.79 Å². The summed E-state index contributed by atoms with van der Waals surface area (Å²) >= 11 is 5.32. The second-order valence-corrected chi connectivity index (χ2v) is 9.63. The number of amides is 1. The Morgan fingerprint density at radius 3 is 2.44 bits per heavy atom. The minimum Gasteiger partial charge on any atom is -0.356 e. The fourth-order valence-corrected chi connectivity index (χ4v) is 6.75. The van der Waals surface area contributed by atoms with Crippen LogP contribution >= 0.6 is 12.2 Å². The van der Waals surface area contributed by atoms with Gasteiger partial charge in [-0.05, 0) is 86.8 Å². The van der Waals surface area contributed by atoms with Crippen molar-refractivity contribution in [3.8, 4) is 0 Å². The zero-order valence-electron chi connectivity index (χ0n) is 14.8. The van der Waals surface area contributed by atoms with Gasteiger partial charge in [0, 0.05) is 25.4 Å². The van der Waals surface area contributed by atoms with Crippen LogP contribution in [0.1, 0.15) is 69.7 Å². The Bertz CT molecular complexity index is 697. The summed E-state index contributed by atoms with van der Waals surface area (Å²) in [6.45, 7) is 0.664. The standard InChI is InChI=1S/C19H28N4OS/c24-17(11-19-8-12-5-13(9-19)7-14(6-12)10-19)20-4-3-16-21-22-18(25)23(16)15-1-2-15/h12-15H,1-11H2,(H,20,24)(H,22,25). The zero-order chi connectivity index (χ0) is 17.0. The van der Waals surface area contributed by atoms with Crippen LogP contribution in [0.2, 0.25) is 0 Å². The zero-order valence-corrected chi connectivity index (χ0v) is 15.6. The Morgan fingerprint density at radius 1 is 1.20 bits per heavy atom. The number of carbonyl (C=O) groups is 1. The van der Waals surface area contributed by atoms with Gasteiger partial charge in [0.2, 0.25) is 5.91 Å². The van der Waals surface area contributed by atoms with Crippen molar-refractivity contribution in [1.29, 1.82) is 0 Å². The average molecular weight is 361 g/mol. The molecule has 5 saturated carbocycles. The molecule has 0 spiro atoms. The first-order valence-electron chi connectivity index (χ1n) is 10.0. The first-order valence-corrected chi connectivity index (χ1v) is 10.4. The lowest BCUT2D eigenvalue weighted by Crippen LogP contribution is -2.48. The van der Waals surface area contributed by atoms with Crippen molar-refractivity contribution in [1.82, 2.24) is 20.1 Å². The van der Waals surface area contributed by atoms with E-state index in [2.05, 4.69) is 20.1 Å². The lowest BCUT2D eigenvalue weighted by molar-refractivity contribution is -0.129. The van der Waals surface area contributed by atoms with Crippen LogP contribution in [-0.2, 0) is 11.2 Å². The molecule has 5 nitrogen and oxygen atoms in total. The molecule has 6 heteroatoms. The van der Waals surface area contributed by atoms with E-state index >= 15 is 0 Å². The lowest BCUT2D eigenvalue weighted by Gasteiger charge is -2.56. The summed E-state index contributed by atoms with van der Waals surface area (Å²) in [5.41, 5.74) is 0.326. The third kappa shape index (κ3) is 3.07. The number of carbonyl (C=O) groups excluding carboxylic acids is 1. The molecule has 1 heterocycles. The van der Waals surface area contributed by atoms with E-state index in [0.29, 0.717) is 18.0 Å². The van der Waals surface area contributed by atoms with E-state index < -0.39 is 0 Å². The molecular weight excluding hydrogens is 332 g/mol. The van der Waals surface area contributed by atoms with Crippen LogP contribution < -0.4 is 5.32 Å². The summed E-state index contributed by atoms with van der Waals surface area (Å²) in [4.78, 5) is 12.6.